The summed E-state index contributed by atoms with van der Waals surface area (Å²) in [6, 6.07) is 4.74. The van der Waals surface area contributed by atoms with E-state index in [-0.39, 0.29) is 33.9 Å². The van der Waals surface area contributed by atoms with E-state index in [1.165, 1.54) is 18.5 Å². The van der Waals surface area contributed by atoms with Gasteiger partial charge in [0.1, 0.15) is 17.9 Å². The number of rotatable bonds is 8. The molecule has 2 aliphatic rings. The van der Waals surface area contributed by atoms with Gasteiger partial charge in [0.25, 0.3) is 10.0 Å². The maximum atomic E-state index is 13.8. The van der Waals surface area contributed by atoms with E-state index in [1.807, 2.05) is 13.8 Å². The molecule has 3 heterocycles. The number of anilines is 1. The van der Waals surface area contributed by atoms with E-state index in [1.54, 1.807) is 31.2 Å². The lowest BCUT2D eigenvalue weighted by Gasteiger charge is -2.48. The third kappa shape index (κ3) is 6.28. The largest absolute Gasteiger partial charge is 0.493 e. The predicted octanol–water partition coefficient (Wildman–Crippen LogP) is 5.00. The lowest BCUT2D eigenvalue weighted by molar-refractivity contribution is -0.0356. The minimum absolute atomic E-state index is 0.0407. The van der Waals surface area contributed by atoms with Crippen LogP contribution in [0.2, 0.25) is 0 Å². The molecule has 3 atom stereocenters. The Labute approximate surface area is 221 Å². The molecule has 4 rings (SSSR count). The molecular weight excluding hydrogens is 515 g/mol. The van der Waals surface area contributed by atoms with E-state index in [0.29, 0.717) is 31.7 Å². The summed E-state index contributed by atoms with van der Waals surface area (Å²) >= 11 is 0.956. The van der Waals surface area contributed by atoms with Gasteiger partial charge in [0, 0.05) is 41.7 Å². The molecular formula is C26H33FN4O4S2. The SMILES string of the molecule is C=C(/C=C\C(F)=C/C)[C@H]1C[C@@H](C(C)(C)O)CCN1[C@@H]1CCOc2cc(S(=O)(=O)Nc3ncns3)ccc21. The number of benzene rings is 1. The fourth-order valence-corrected chi connectivity index (χ4v) is 6.69. The summed E-state index contributed by atoms with van der Waals surface area (Å²) < 4.78 is 51.7. The summed E-state index contributed by atoms with van der Waals surface area (Å²) in [5.74, 6) is 0.236. The van der Waals surface area contributed by atoms with Crippen LogP contribution in [0.15, 0.2) is 65.6 Å². The number of aliphatic hydroxyl groups is 1. The summed E-state index contributed by atoms with van der Waals surface area (Å²) in [6.45, 7) is 10.7. The van der Waals surface area contributed by atoms with Gasteiger partial charge in [-0.05, 0) is 63.8 Å². The molecule has 0 saturated carbocycles. The summed E-state index contributed by atoms with van der Waals surface area (Å²) in [5.41, 5.74) is 0.809. The second-order valence-electron chi connectivity index (χ2n) is 9.91. The molecule has 1 aromatic carbocycles. The number of nitrogens with zero attached hydrogens (tertiary/aromatic N) is 3. The van der Waals surface area contributed by atoms with Crippen LogP contribution < -0.4 is 9.46 Å². The monoisotopic (exact) mass is 548 g/mol. The van der Waals surface area contributed by atoms with Crippen LogP contribution in [0.4, 0.5) is 9.52 Å². The van der Waals surface area contributed by atoms with Crippen molar-refractivity contribution in [2.24, 2.45) is 5.92 Å². The van der Waals surface area contributed by atoms with Crippen molar-refractivity contribution in [2.45, 2.75) is 62.6 Å². The zero-order chi connectivity index (χ0) is 26.8. The first-order valence-corrected chi connectivity index (χ1v) is 14.5. The number of aromatic nitrogens is 2. The number of ether oxygens (including phenoxy) is 1. The number of fused-ring (bicyclic) bond motifs is 1. The standard InChI is InChI=1S/C26H33FN4O4S2/c1-5-19(27)7-6-17(2)23-14-18(26(3,4)32)10-12-31(23)22-11-13-35-24-15-20(8-9-21(22)24)37(33,34)30-25-28-16-29-36-25/h5-9,15-16,18,22-23,32H,2,10-14H2,1,3-4H3,(H,28,29,30)/b7-6-,19-5+/t18-,22+,23+/m0/s1. The minimum atomic E-state index is -3.85. The topological polar surface area (TPSA) is 105 Å². The number of piperidine rings is 1. The molecule has 2 aliphatic heterocycles. The average molecular weight is 549 g/mol. The number of hydrogen-bond donors (Lipinski definition) is 2. The summed E-state index contributed by atoms with van der Waals surface area (Å²) in [4.78, 5) is 6.30. The molecule has 0 bridgehead atoms. The van der Waals surface area contributed by atoms with Crippen molar-refractivity contribution < 1.29 is 22.7 Å². The Morgan fingerprint density at radius 1 is 1.35 bits per heavy atom. The lowest BCUT2D eigenvalue weighted by atomic mass is 9.77. The van der Waals surface area contributed by atoms with Crippen LogP contribution in [0, 0.1) is 5.92 Å². The minimum Gasteiger partial charge on any atom is -0.493 e. The third-order valence-corrected chi connectivity index (χ3v) is 9.14. The number of sulfonamides is 1. The van der Waals surface area contributed by atoms with Gasteiger partial charge in [-0.2, -0.15) is 4.37 Å². The van der Waals surface area contributed by atoms with Crippen molar-refractivity contribution in [3.63, 3.8) is 0 Å². The Bertz CT molecular complexity index is 1290. The molecule has 0 unspecified atom stereocenters. The molecule has 200 valence electrons. The second-order valence-corrected chi connectivity index (χ2v) is 12.4. The number of likely N-dealkylation sites (tertiary alicyclic amines) is 1. The first-order valence-electron chi connectivity index (χ1n) is 12.2. The van der Waals surface area contributed by atoms with Gasteiger partial charge in [-0.25, -0.2) is 17.8 Å². The van der Waals surface area contributed by atoms with Crippen molar-refractivity contribution in [1.29, 1.82) is 0 Å². The predicted molar refractivity (Wildman–Crippen MR) is 143 cm³/mol. The van der Waals surface area contributed by atoms with E-state index in [0.717, 1.165) is 29.1 Å². The first-order chi connectivity index (χ1) is 17.5. The van der Waals surface area contributed by atoms with Gasteiger partial charge in [0.2, 0.25) is 5.13 Å². The molecule has 2 N–H and O–H groups in total. The maximum absolute atomic E-state index is 13.8. The number of hydrogen-bond acceptors (Lipinski definition) is 8. The van der Waals surface area contributed by atoms with Gasteiger partial charge in [-0.1, -0.05) is 24.8 Å². The Morgan fingerprint density at radius 3 is 2.81 bits per heavy atom. The summed E-state index contributed by atoms with van der Waals surface area (Å²) in [7, 11) is -3.85. The fraction of sp³-hybridized carbons (Fsp3) is 0.462. The van der Waals surface area contributed by atoms with Crippen molar-refractivity contribution in [2.75, 3.05) is 17.9 Å². The molecule has 0 spiro atoms. The van der Waals surface area contributed by atoms with Gasteiger partial charge in [-0.3, -0.25) is 9.62 Å². The van der Waals surface area contributed by atoms with Gasteiger partial charge in [0.15, 0.2) is 0 Å². The smallest absolute Gasteiger partial charge is 0.263 e. The summed E-state index contributed by atoms with van der Waals surface area (Å²) in [6.07, 6.45) is 7.98. The van der Waals surface area contributed by atoms with Crippen molar-refractivity contribution >= 4 is 26.7 Å². The van der Waals surface area contributed by atoms with Crippen LogP contribution in [-0.2, 0) is 10.0 Å². The Balaban J connectivity index is 1.63. The zero-order valence-corrected chi connectivity index (χ0v) is 22.9. The zero-order valence-electron chi connectivity index (χ0n) is 21.2. The van der Waals surface area contributed by atoms with Crippen LogP contribution in [-0.4, -0.2) is 52.6 Å². The molecule has 37 heavy (non-hydrogen) atoms. The van der Waals surface area contributed by atoms with E-state index < -0.39 is 15.6 Å². The highest BCUT2D eigenvalue weighted by Crippen LogP contribution is 2.44. The number of halogens is 1. The Hall–Kier alpha value is -2.60. The van der Waals surface area contributed by atoms with Gasteiger partial charge >= 0.3 is 0 Å². The maximum Gasteiger partial charge on any atom is 0.263 e. The first kappa shape index (κ1) is 27.4. The van der Waals surface area contributed by atoms with Crippen molar-refractivity contribution in [3.8, 4) is 5.75 Å². The highest BCUT2D eigenvalue weighted by atomic mass is 32.2. The molecule has 1 saturated heterocycles. The van der Waals surface area contributed by atoms with Gasteiger partial charge in [0.05, 0.1) is 17.1 Å². The molecule has 1 fully saturated rings. The number of allylic oxidation sites excluding steroid dienone is 3. The molecule has 11 heteroatoms. The molecule has 0 amide bonds. The van der Waals surface area contributed by atoms with Gasteiger partial charge in [-0.15, -0.1) is 0 Å². The van der Waals surface area contributed by atoms with Crippen LogP contribution in [0.3, 0.4) is 0 Å². The normalized spacial score (nSPS) is 23.5. The van der Waals surface area contributed by atoms with E-state index in [2.05, 4.69) is 25.6 Å². The number of nitrogens with one attached hydrogen (secondary N) is 1. The molecule has 8 nitrogen and oxygen atoms in total. The average Bonchev–Trinajstić information content (AvgIpc) is 3.37. The van der Waals surface area contributed by atoms with Crippen molar-refractivity contribution in [3.05, 3.63) is 66.3 Å². The van der Waals surface area contributed by atoms with E-state index in [4.69, 9.17) is 4.74 Å². The fourth-order valence-electron chi connectivity index (χ4n) is 5.01. The Kier molecular flexibility index (Phi) is 8.17. The lowest BCUT2D eigenvalue weighted by Crippen LogP contribution is -2.50. The third-order valence-electron chi connectivity index (χ3n) is 7.09. The molecule has 0 aliphatic carbocycles. The second kappa shape index (κ2) is 11.0. The molecule has 2 aromatic rings. The van der Waals surface area contributed by atoms with Crippen LogP contribution in [0.5, 0.6) is 5.75 Å². The molecule has 0 radical (unpaired) electrons. The van der Waals surface area contributed by atoms with E-state index >= 15 is 0 Å². The van der Waals surface area contributed by atoms with Crippen LogP contribution in [0.25, 0.3) is 0 Å². The van der Waals surface area contributed by atoms with Crippen molar-refractivity contribution in [1.82, 2.24) is 14.3 Å². The van der Waals surface area contributed by atoms with Crippen LogP contribution >= 0.6 is 11.5 Å². The molecule has 1 aromatic heterocycles. The van der Waals surface area contributed by atoms with E-state index in [9.17, 15) is 17.9 Å². The highest BCUT2D eigenvalue weighted by molar-refractivity contribution is 7.93. The highest BCUT2D eigenvalue weighted by Gasteiger charge is 2.41. The summed E-state index contributed by atoms with van der Waals surface area (Å²) in [5, 5.41) is 10.9. The van der Waals surface area contributed by atoms with Gasteiger partial charge < -0.3 is 9.84 Å². The Morgan fingerprint density at radius 2 is 2.14 bits per heavy atom. The van der Waals surface area contributed by atoms with Crippen LogP contribution in [0.1, 0.15) is 51.6 Å². The quantitative estimate of drug-likeness (QED) is 0.448.